The van der Waals surface area contributed by atoms with Gasteiger partial charge in [-0.05, 0) is 37.1 Å². The molecule has 0 saturated heterocycles. The van der Waals surface area contributed by atoms with Crippen molar-refractivity contribution in [2.45, 2.75) is 19.4 Å². The number of carbonyl (C=O) groups excluding carboxylic acids is 2. The smallest absolute Gasteiger partial charge is 0.309 e. The summed E-state index contributed by atoms with van der Waals surface area (Å²) in [4.78, 5) is 25.7. The third-order valence-electron chi connectivity index (χ3n) is 4.17. The molecular weight excluding hydrogens is 306 g/mol. The lowest BCUT2D eigenvalue weighted by Crippen LogP contribution is -2.44. The van der Waals surface area contributed by atoms with Crippen molar-refractivity contribution in [2.24, 2.45) is 0 Å². The molecule has 3 rings (SSSR count). The van der Waals surface area contributed by atoms with E-state index in [2.05, 4.69) is 27.7 Å². The Hall–Kier alpha value is -2.76. The zero-order valence-electron chi connectivity index (χ0n) is 13.6. The summed E-state index contributed by atoms with van der Waals surface area (Å²) in [5.41, 5.74) is 2.43. The summed E-state index contributed by atoms with van der Waals surface area (Å²) in [6.07, 6.45) is 2.58. The van der Waals surface area contributed by atoms with Crippen molar-refractivity contribution in [3.8, 4) is 0 Å². The van der Waals surface area contributed by atoms with E-state index in [0.717, 1.165) is 24.4 Å². The molecule has 2 heterocycles. The number of rotatable bonds is 5. The Morgan fingerprint density at radius 1 is 1.17 bits per heavy atom. The molecule has 1 aliphatic rings. The van der Waals surface area contributed by atoms with Crippen molar-refractivity contribution < 1.29 is 14.0 Å². The highest BCUT2D eigenvalue weighted by Crippen LogP contribution is 2.34. The van der Waals surface area contributed by atoms with Crippen LogP contribution in [-0.2, 0) is 16.0 Å². The lowest BCUT2D eigenvalue weighted by atomic mass is 10.1. The van der Waals surface area contributed by atoms with Crippen LogP contribution in [0.25, 0.3) is 0 Å². The molecule has 0 bridgehead atoms. The van der Waals surface area contributed by atoms with E-state index in [1.807, 2.05) is 24.3 Å². The molecule has 24 heavy (non-hydrogen) atoms. The van der Waals surface area contributed by atoms with Crippen LogP contribution in [0.2, 0.25) is 0 Å². The van der Waals surface area contributed by atoms with E-state index in [0.29, 0.717) is 13.1 Å². The second kappa shape index (κ2) is 7.21. The lowest BCUT2D eigenvalue weighted by molar-refractivity contribution is -0.139. The summed E-state index contributed by atoms with van der Waals surface area (Å²) in [6.45, 7) is 3.35. The molecule has 0 spiro atoms. The van der Waals surface area contributed by atoms with E-state index in [1.54, 1.807) is 13.2 Å². The number of carbonyl (C=O) groups is 2. The Kier molecular flexibility index (Phi) is 4.84. The third kappa shape index (κ3) is 3.27. The van der Waals surface area contributed by atoms with E-state index >= 15 is 0 Å². The largest absolute Gasteiger partial charge is 0.467 e. The first-order valence-corrected chi connectivity index (χ1v) is 8.14. The van der Waals surface area contributed by atoms with Gasteiger partial charge < -0.3 is 20.0 Å². The van der Waals surface area contributed by atoms with Gasteiger partial charge in [-0.3, -0.25) is 9.59 Å². The summed E-state index contributed by atoms with van der Waals surface area (Å²) >= 11 is 0. The van der Waals surface area contributed by atoms with Gasteiger partial charge in [-0.25, -0.2) is 0 Å². The Morgan fingerprint density at radius 2 is 1.96 bits per heavy atom. The first-order chi connectivity index (χ1) is 11.7. The van der Waals surface area contributed by atoms with Gasteiger partial charge >= 0.3 is 11.8 Å². The summed E-state index contributed by atoms with van der Waals surface area (Å²) in [6, 6.07) is 11.8. The van der Waals surface area contributed by atoms with E-state index in [9.17, 15) is 9.59 Å². The van der Waals surface area contributed by atoms with E-state index in [4.69, 9.17) is 4.42 Å². The highest BCUT2D eigenvalue weighted by Gasteiger charge is 2.29. The van der Waals surface area contributed by atoms with E-state index < -0.39 is 11.8 Å². The number of benzene rings is 1. The Bertz CT molecular complexity index is 712. The molecular formula is C18H21N3O3. The minimum Gasteiger partial charge on any atom is -0.467 e. The van der Waals surface area contributed by atoms with Crippen LogP contribution < -0.4 is 15.5 Å². The van der Waals surface area contributed by atoms with Crippen LogP contribution in [0.1, 0.15) is 24.3 Å². The van der Waals surface area contributed by atoms with Crippen molar-refractivity contribution >= 4 is 17.5 Å². The first-order valence-electron chi connectivity index (χ1n) is 8.14. The van der Waals surface area contributed by atoms with Crippen LogP contribution in [0.15, 0.2) is 47.1 Å². The van der Waals surface area contributed by atoms with Gasteiger partial charge in [-0.15, -0.1) is 0 Å². The Balaban J connectivity index is 1.77. The molecule has 0 aliphatic carbocycles. The molecule has 1 aliphatic heterocycles. The first kappa shape index (κ1) is 16.1. The topological polar surface area (TPSA) is 74.6 Å². The van der Waals surface area contributed by atoms with Gasteiger partial charge in [0.1, 0.15) is 11.8 Å². The van der Waals surface area contributed by atoms with Crippen molar-refractivity contribution in [3.63, 3.8) is 0 Å². The quantitative estimate of drug-likeness (QED) is 0.819. The molecule has 1 aromatic heterocycles. The number of hydrogen-bond acceptors (Lipinski definition) is 4. The zero-order valence-corrected chi connectivity index (χ0v) is 13.6. The lowest BCUT2D eigenvalue weighted by Gasteiger charge is -2.29. The molecule has 2 N–H and O–H groups in total. The average molecular weight is 327 g/mol. The van der Waals surface area contributed by atoms with Crippen molar-refractivity contribution in [2.75, 3.05) is 24.5 Å². The monoisotopic (exact) mass is 327 g/mol. The average Bonchev–Trinajstić information content (AvgIpc) is 3.25. The van der Waals surface area contributed by atoms with Crippen LogP contribution in [0, 0.1) is 0 Å². The number of furan rings is 1. The van der Waals surface area contributed by atoms with Gasteiger partial charge in [0.25, 0.3) is 0 Å². The number of nitrogens with zero attached hydrogens (tertiary/aromatic N) is 1. The minimum atomic E-state index is -0.624. The Morgan fingerprint density at radius 3 is 2.71 bits per heavy atom. The highest BCUT2D eigenvalue weighted by atomic mass is 16.3. The van der Waals surface area contributed by atoms with Crippen LogP contribution in [0.5, 0.6) is 0 Å². The fourth-order valence-corrected chi connectivity index (χ4v) is 3.04. The van der Waals surface area contributed by atoms with Crippen molar-refractivity contribution in [1.82, 2.24) is 10.6 Å². The fourth-order valence-electron chi connectivity index (χ4n) is 3.04. The predicted molar refractivity (Wildman–Crippen MR) is 90.6 cm³/mol. The molecule has 0 fully saturated rings. The van der Waals surface area contributed by atoms with Crippen LogP contribution in [0.3, 0.4) is 0 Å². The van der Waals surface area contributed by atoms with Crippen molar-refractivity contribution in [3.05, 3.63) is 54.0 Å². The van der Waals surface area contributed by atoms with Crippen molar-refractivity contribution in [1.29, 1.82) is 0 Å². The van der Waals surface area contributed by atoms with Gasteiger partial charge in [0.05, 0.1) is 6.26 Å². The maximum absolute atomic E-state index is 11.9. The normalized spacial score (nSPS) is 14.1. The van der Waals surface area contributed by atoms with Gasteiger partial charge in [0.2, 0.25) is 0 Å². The number of fused-ring (bicyclic) bond motifs is 1. The maximum atomic E-state index is 11.9. The second-order valence-corrected chi connectivity index (χ2v) is 5.67. The molecule has 0 unspecified atom stereocenters. The molecule has 126 valence electrons. The van der Waals surface area contributed by atoms with Gasteiger partial charge in [-0.1, -0.05) is 18.2 Å². The number of hydrogen-bond donors (Lipinski definition) is 2. The van der Waals surface area contributed by atoms with Gasteiger partial charge in [-0.2, -0.15) is 0 Å². The third-order valence-corrected chi connectivity index (χ3v) is 4.17. The SMILES string of the molecule is CCNC(=O)C(=O)NC[C@H](c1ccco1)N1CCc2ccccc21. The molecule has 2 amide bonds. The number of para-hydroxylation sites is 1. The zero-order chi connectivity index (χ0) is 16.9. The fraction of sp³-hybridized carbons (Fsp3) is 0.333. The van der Waals surface area contributed by atoms with E-state index in [-0.39, 0.29) is 6.04 Å². The van der Waals surface area contributed by atoms with E-state index in [1.165, 1.54) is 5.56 Å². The highest BCUT2D eigenvalue weighted by molar-refractivity contribution is 6.35. The summed E-state index contributed by atoms with van der Waals surface area (Å²) in [5, 5.41) is 5.21. The summed E-state index contributed by atoms with van der Waals surface area (Å²) in [7, 11) is 0. The number of nitrogens with one attached hydrogen (secondary N) is 2. The van der Waals surface area contributed by atoms with Gasteiger partial charge in [0.15, 0.2) is 0 Å². The number of anilines is 1. The summed E-state index contributed by atoms with van der Waals surface area (Å²) in [5.74, 6) is -0.471. The van der Waals surface area contributed by atoms with Crippen LogP contribution >= 0.6 is 0 Å². The second-order valence-electron chi connectivity index (χ2n) is 5.67. The molecule has 0 radical (unpaired) electrons. The molecule has 1 atom stereocenters. The number of likely N-dealkylation sites (N-methyl/N-ethyl adjacent to an activating group) is 1. The predicted octanol–water partition coefficient (Wildman–Crippen LogP) is 1.64. The maximum Gasteiger partial charge on any atom is 0.309 e. The molecule has 2 aromatic rings. The van der Waals surface area contributed by atoms with Crippen LogP contribution in [0.4, 0.5) is 5.69 Å². The molecule has 1 aromatic carbocycles. The molecule has 0 saturated carbocycles. The molecule has 6 heteroatoms. The summed E-state index contributed by atoms with van der Waals surface area (Å²) < 4.78 is 5.57. The van der Waals surface area contributed by atoms with Crippen LogP contribution in [-0.4, -0.2) is 31.4 Å². The number of amides is 2. The Labute approximate surface area is 140 Å². The standard InChI is InChI=1S/C18H21N3O3/c1-2-19-17(22)18(23)20-12-15(16-8-5-11-24-16)21-10-9-13-6-3-4-7-14(13)21/h3-8,11,15H,2,9-10,12H2,1H3,(H,19,22)(H,20,23)/t15-/m1/s1. The van der Waals surface area contributed by atoms with Gasteiger partial charge in [0, 0.05) is 25.3 Å². The minimum absolute atomic E-state index is 0.151. The molecule has 6 nitrogen and oxygen atoms in total.